The number of benzene rings is 3. The molecule has 0 saturated carbocycles. The summed E-state index contributed by atoms with van der Waals surface area (Å²) in [5, 5.41) is 2.93. The molecule has 0 aliphatic rings. The van der Waals surface area contributed by atoms with Gasteiger partial charge in [-0.15, -0.1) is 0 Å². The predicted octanol–water partition coefficient (Wildman–Crippen LogP) is 4.96. The lowest BCUT2D eigenvalue weighted by Crippen LogP contribution is -2.15. The number of carbonyl (C=O) groups excluding carboxylic acids is 2. The van der Waals surface area contributed by atoms with Crippen molar-refractivity contribution in [3.63, 3.8) is 0 Å². The second-order valence-electron chi connectivity index (χ2n) is 6.26. The Morgan fingerprint density at radius 2 is 1.50 bits per heavy atom. The lowest BCUT2D eigenvalue weighted by atomic mass is 10.0. The lowest BCUT2D eigenvalue weighted by Gasteiger charge is -2.13. The van der Waals surface area contributed by atoms with Gasteiger partial charge < -0.3 is 10.1 Å². The van der Waals surface area contributed by atoms with Crippen LogP contribution < -0.4 is 5.32 Å². The third kappa shape index (κ3) is 4.35. The molecule has 0 spiro atoms. The Morgan fingerprint density at radius 1 is 0.857 bits per heavy atom. The lowest BCUT2D eigenvalue weighted by molar-refractivity contribution is -0.111. The van der Waals surface area contributed by atoms with E-state index in [1.54, 1.807) is 25.1 Å². The number of hydrogen-bond donors (Lipinski definition) is 1. The quantitative estimate of drug-likeness (QED) is 0.392. The van der Waals surface area contributed by atoms with Gasteiger partial charge in [0.15, 0.2) is 0 Å². The fraction of sp³-hybridized carbons (Fsp3) is 0.0833. The zero-order valence-corrected chi connectivity index (χ0v) is 15.8. The number of hydrogen-bond acceptors (Lipinski definition) is 3. The molecule has 0 aliphatic heterocycles. The van der Waals surface area contributed by atoms with Gasteiger partial charge in [-0.25, -0.2) is 4.79 Å². The number of anilines is 1. The van der Waals surface area contributed by atoms with Crippen molar-refractivity contribution in [3.05, 3.63) is 101 Å². The molecule has 1 N–H and O–H groups in total. The standard InChI is InChI=1S/C24H21NO3/c1-17-20(24(27)28-2)14-9-15-22(17)25-23(26)21(19-12-7-4-8-13-19)16-18-10-5-3-6-11-18/h3-16H,1-2H3,(H,25,26)/b21-16+. The summed E-state index contributed by atoms with van der Waals surface area (Å²) in [7, 11) is 1.34. The van der Waals surface area contributed by atoms with Crippen molar-refractivity contribution in [2.24, 2.45) is 0 Å². The Balaban J connectivity index is 1.98. The molecule has 3 aromatic carbocycles. The molecule has 0 fully saturated rings. The molecule has 0 unspecified atom stereocenters. The number of nitrogens with one attached hydrogen (secondary N) is 1. The Kier molecular flexibility index (Phi) is 6.02. The number of methoxy groups -OCH3 is 1. The van der Waals surface area contributed by atoms with Gasteiger partial charge in [0.2, 0.25) is 0 Å². The van der Waals surface area contributed by atoms with E-state index in [1.165, 1.54) is 7.11 Å². The Labute approximate surface area is 164 Å². The third-order valence-corrected chi connectivity index (χ3v) is 4.43. The second kappa shape index (κ2) is 8.82. The summed E-state index contributed by atoms with van der Waals surface area (Å²) in [5.41, 5.74) is 3.93. The maximum atomic E-state index is 13.1. The molecule has 0 atom stereocenters. The minimum atomic E-state index is -0.434. The summed E-state index contributed by atoms with van der Waals surface area (Å²) in [4.78, 5) is 25.0. The second-order valence-corrected chi connectivity index (χ2v) is 6.26. The summed E-state index contributed by atoms with van der Waals surface area (Å²) in [6.07, 6.45) is 1.85. The van der Waals surface area contributed by atoms with Crippen LogP contribution in [0.4, 0.5) is 5.69 Å². The summed E-state index contributed by atoms with van der Waals surface area (Å²) >= 11 is 0. The molecule has 4 heteroatoms. The zero-order valence-electron chi connectivity index (χ0n) is 15.8. The van der Waals surface area contributed by atoms with E-state index in [0.29, 0.717) is 22.4 Å². The zero-order chi connectivity index (χ0) is 19.9. The van der Waals surface area contributed by atoms with Crippen LogP contribution in [-0.4, -0.2) is 19.0 Å². The van der Waals surface area contributed by atoms with Crippen LogP contribution in [0.3, 0.4) is 0 Å². The molecule has 4 nitrogen and oxygen atoms in total. The summed E-state index contributed by atoms with van der Waals surface area (Å²) in [6, 6.07) is 24.3. The molecule has 0 radical (unpaired) electrons. The molecule has 3 aromatic rings. The van der Waals surface area contributed by atoms with Gasteiger partial charge >= 0.3 is 5.97 Å². The fourth-order valence-electron chi connectivity index (χ4n) is 2.91. The first-order valence-electron chi connectivity index (χ1n) is 8.91. The normalized spacial score (nSPS) is 11.0. The highest BCUT2D eigenvalue weighted by Crippen LogP contribution is 2.24. The molecule has 28 heavy (non-hydrogen) atoms. The van der Waals surface area contributed by atoms with Crippen molar-refractivity contribution < 1.29 is 14.3 Å². The van der Waals surface area contributed by atoms with E-state index in [-0.39, 0.29) is 5.91 Å². The van der Waals surface area contributed by atoms with Crippen molar-refractivity contribution in [2.75, 3.05) is 12.4 Å². The smallest absolute Gasteiger partial charge is 0.338 e. The van der Waals surface area contributed by atoms with Crippen LogP contribution in [-0.2, 0) is 9.53 Å². The van der Waals surface area contributed by atoms with Crippen molar-refractivity contribution in [1.29, 1.82) is 0 Å². The average Bonchev–Trinajstić information content (AvgIpc) is 2.74. The summed E-state index contributed by atoms with van der Waals surface area (Å²) in [6.45, 7) is 1.78. The van der Waals surface area contributed by atoms with Crippen LogP contribution in [0.25, 0.3) is 11.6 Å². The number of ether oxygens (including phenoxy) is 1. The minimum Gasteiger partial charge on any atom is -0.465 e. The van der Waals surface area contributed by atoms with Crippen LogP contribution in [0.2, 0.25) is 0 Å². The molecular formula is C24H21NO3. The average molecular weight is 371 g/mol. The largest absolute Gasteiger partial charge is 0.465 e. The van der Waals surface area contributed by atoms with Crippen LogP contribution in [0.5, 0.6) is 0 Å². The van der Waals surface area contributed by atoms with E-state index < -0.39 is 5.97 Å². The minimum absolute atomic E-state index is 0.250. The van der Waals surface area contributed by atoms with Crippen molar-refractivity contribution in [2.45, 2.75) is 6.92 Å². The van der Waals surface area contributed by atoms with E-state index in [0.717, 1.165) is 11.1 Å². The number of rotatable bonds is 5. The van der Waals surface area contributed by atoms with Gasteiger partial charge in [0, 0.05) is 11.3 Å². The molecule has 0 bridgehead atoms. The molecule has 0 heterocycles. The van der Waals surface area contributed by atoms with Gasteiger partial charge in [-0.1, -0.05) is 66.7 Å². The van der Waals surface area contributed by atoms with E-state index >= 15 is 0 Å². The van der Waals surface area contributed by atoms with Gasteiger partial charge in [-0.05, 0) is 41.8 Å². The fourth-order valence-corrected chi connectivity index (χ4v) is 2.91. The van der Waals surface area contributed by atoms with Gasteiger partial charge in [0.25, 0.3) is 5.91 Å². The van der Waals surface area contributed by atoms with E-state index in [4.69, 9.17) is 4.74 Å². The van der Waals surface area contributed by atoms with Crippen LogP contribution >= 0.6 is 0 Å². The monoisotopic (exact) mass is 371 g/mol. The maximum Gasteiger partial charge on any atom is 0.338 e. The highest BCUT2D eigenvalue weighted by atomic mass is 16.5. The Hall–Kier alpha value is -3.66. The summed E-state index contributed by atoms with van der Waals surface area (Å²) in [5.74, 6) is -0.683. The first-order chi connectivity index (χ1) is 13.6. The van der Waals surface area contributed by atoms with Crippen LogP contribution in [0, 0.1) is 6.92 Å². The molecule has 0 aromatic heterocycles. The van der Waals surface area contributed by atoms with E-state index in [1.807, 2.05) is 66.7 Å². The molecule has 0 saturated heterocycles. The SMILES string of the molecule is COC(=O)c1cccc(NC(=O)/C(=C/c2ccccc2)c2ccccc2)c1C. The highest BCUT2D eigenvalue weighted by Gasteiger charge is 2.16. The van der Waals surface area contributed by atoms with Crippen molar-refractivity contribution in [1.82, 2.24) is 0 Å². The van der Waals surface area contributed by atoms with Crippen molar-refractivity contribution >= 4 is 29.2 Å². The van der Waals surface area contributed by atoms with E-state index in [9.17, 15) is 9.59 Å². The molecule has 3 rings (SSSR count). The number of amides is 1. The number of esters is 1. The van der Waals surface area contributed by atoms with Crippen LogP contribution in [0.1, 0.15) is 27.0 Å². The van der Waals surface area contributed by atoms with Gasteiger partial charge in [-0.3, -0.25) is 4.79 Å². The van der Waals surface area contributed by atoms with Crippen LogP contribution in [0.15, 0.2) is 78.9 Å². The summed E-state index contributed by atoms with van der Waals surface area (Å²) < 4.78 is 4.81. The van der Waals surface area contributed by atoms with Gasteiger partial charge in [-0.2, -0.15) is 0 Å². The molecule has 140 valence electrons. The van der Waals surface area contributed by atoms with Gasteiger partial charge in [0.05, 0.1) is 12.7 Å². The Bertz CT molecular complexity index is 1010. The molecular weight excluding hydrogens is 350 g/mol. The van der Waals surface area contributed by atoms with Crippen molar-refractivity contribution in [3.8, 4) is 0 Å². The highest BCUT2D eigenvalue weighted by molar-refractivity contribution is 6.29. The predicted molar refractivity (Wildman–Crippen MR) is 112 cm³/mol. The number of carbonyl (C=O) groups is 2. The molecule has 1 amide bonds. The third-order valence-electron chi connectivity index (χ3n) is 4.43. The van der Waals surface area contributed by atoms with E-state index in [2.05, 4.69) is 5.32 Å². The Morgan fingerprint density at radius 3 is 2.14 bits per heavy atom. The van der Waals surface area contributed by atoms with Gasteiger partial charge in [0.1, 0.15) is 0 Å². The maximum absolute atomic E-state index is 13.1. The topological polar surface area (TPSA) is 55.4 Å². The first-order valence-corrected chi connectivity index (χ1v) is 8.91. The first kappa shape index (κ1) is 19.1. The molecule has 0 aliphatic carbocycles.